The van der Waals surface area contributed by atoms with Crippen molar-refractivity contribution in [3.05, 3.63) is 89.5 Å². The Balaban J connectivity index is 1.94. The molecule has 3 rings (SSSR count). The van der Waals surface area contributed by atoms with Gasteiger partial charge < -0.3 is 4.74 Å². The molecule has 0 bridgehead atoms. The lowest BCUT2D eigenvalue weighted by molar-refractivity contribution is 0.299. The van der Waals surface area contributed by atoms with Crippen molar-refractivity contribution in [2.45, 2.75) is 36.9 Å². The van der Waals surface area contributed by atoms with Gasteiger partial charge >= 0.3 is 0 Å². The fourth-order valence-electron chi connectivity index (χ4n) is 3.32. The zero-order valence-electron chi connectivity index (χ0n) is 17.2. The highest BCUT2D eigenvalue weighted by atomic mass is 32.1. The Bertz CT molecular complexity index is 974. The molecule has 0 aliphatic heterocycles. The van der Waals surface area contributed by atoms with Gasteiger partial charge in [-0.25, -0.2) is 0 Å². The molecule has 3 aromatic carbocycles. The van der Waals surface area contributed by atoms with Crippen molar-refractivity contribution in [3.63, 3.8) is 0 Å². The van der Waals surface area contributed by atoms with Crippen LogP contribution < -0.4 is 10.0 Å². The summed E-state index contributed by atoms with van der Waals surface area (Å²) in [6, 6.07) is 25.0. The van der Waals surface area contributed by atoms with Crippen LogP contribution in [0.15, 0.2) is 82.7 Å². The predicted molar refractivity (Wildman–Crippen MR) is 130 cm³/mol. The molecule has 0 amide bonds. The molecule has 0 spiro atoms. The highest BCUT2D eigenvalue weighted by molar-refractivity contribution is 7.80. The van der Waals surface area contributed by atoms with Gasteiger partial charge in [0.1, 0.15) is 12.4 Å². The van der Waals surface area contributed by atoms with E-state index in [-0.39, 0.29) is 5.16 Å². The highest BCUT2D eigenvalue weighted by Gasteiger charge is 2.29. The first-order valence-corrected chi connectivity index (χ1v) is 11.3. The smallest absolute Gasteiger partial charge is 0.123 e. The third-order valence-electron chi connectivity index (χ3n) is 5.14. The van der Waals surface area contributed by atoms with Crippen LogP contribution in [0.4, 0.5) is 0 Å². The van der Waals surface area contributed by atoms with Gasteiger partial charge in [0.25, 0.3) is 0 Å². The highest BCUT2D eigenvalue weighted by Crippen LogP contribution is 2.48. The number of ether oxygens (including phenoxy) is 1. The molecule has 0 aliphatic rings. The van der Waals surface area contributed by atoms with Crippen molar-refractivity contribution in [1.82, 2.24) is 0 Å². The van der Waals surface area contributed by atoms with Crippen molar-refractivity contribution < 1.29 is 4.74 Å². The summed E-state index contributed by atoms with van der Waals surface area (Å²) < 4.78 is 6.29. The van der Waals surface area contributed by atoms with Gasteiger partial charge in [0, 0.05) is 28.9 Å². The Labute approximate surface area is 181 Å². The quantitative estimate of drug-likeness (QED) is 0.260. The van der Waals surface area contributed by atoms with E-state index >= 15 is 0 Å². The minimum Gasteiger partial charge on any atom is -0.489 e. The molecule has 0 N–H and O–H groups in total. The maximum Gasteiger partial charge on any atom is 0.123 e. The van der Waals surface area contributed by atoms with Gasteiger partial charge in [-0.3, -0.25) is 4.99 Å². The molecular formula is C25H28NOPS. The minimum absolute atomic E-state index is 0.0531. The third kappa shape index (κ3) is 5.50. The van der Waals surface area contributed by atoms with Gasteiger partial charge in [-0.2, -0.15) is 0 Å². The van der Waals surface area contributed by atoms with Gasteiger partial charge in [-0.05, 0) is 41.1 Å². The summed E-state index contributed by atoms with van der Waals surface area (Å²) >= 11 is 4.62. The van der Waals surface area contributed by atoms with E-state index in [9.17, 15) is 0 Å². The third-order valence-corrected chi connectivity index (χ3v) is 7.32. The average Bonchev–Trinajstić information content (AvgIpc) is 2.75. The number of nitrogens with zero attached hydrogens (tertiary/aromatic N) is 1. The number of hydrogen-bond acceptors (Lipinski definition) is 3. The van der Waals surface area contributed by atoms with Crippen molar-refractivity contribution in [2.75, 3.05) is 7.05 Å². The molecule has 2 atom stereocenters. The lowest BCUT2D eigenvalue weighted by atomic mass is 9.96. The summed E-state index contributed by atoms with van der Waals surface area (Å²) in [5, 5.41) is 1.27. The van der Waals surface area contributed by atoms with E-state index in [1.165, 1.54) is 22.0 Å². The van der Waals surface area contributed by atoms with E-state index < -0.39 is 0 Å². The first kappa shape index (κ1) is 21.6. The molecule has 0 heterocycles. The monoisotopic (exact) mass is 421 g/mol. The maximum atomic E-state index is 6.29. The Morgan fingerprint density at radius 2 is 1.76 bits per heavy atom. The second-order valence-electron chi connectivity index (χ2n) is 7.24. The Kier molecular flexibility index (Phi) is 7.52. The van der Waals surface area contributed by atoms with Crippen LogP contribution in [0.1, 0.15) is 37.0 Å². The first-order valence-electron chi connectivity index (χ1n) is 9.85. The van der Waals surface area contributed by atoms with Crippen molar-refractivity contribution in [2.24, 2.45) is 4.99 Å². The molecule has 0 aliphatic carbocycles. The summed E-state index contributed by atoms with van der Waals surface area (Å²) in [5.41, 5.74) is 3.56. The summed E-state index contributed by atoms with van der Waals surface area (Å²) in [7, 11) is 2.41. The Morgan fingerprint density at radius 3 is 2.48 bits per heavy atom. The lowest BCUT2D eigenvalue weighted by Gasteiger charge is -2.32. The summed E-state index contributed by atoms with van der Waals surface area (Å²) in [4.78, 5) is 5.19. The van der Waals surface area contributed by atoms with Crippen LogP contribution in [0.3, 0.4) is 0 Å². The van der Waals surface area contributed by atoms with Gasteiger partial charge in [0.05, 0.1) is 0 Å². The number of aliphatic imine (C=N–C) groups is 1. The van der Waals surface area contributed by atoms with Gasteiger partial charge in [-0.15, -0.1) is 12.6 Å². The number of benzene rings is 3. The van der Waals surface area contributed by atoms with Crippen molar-refractivity contribution >= 4 is 32.7 Å². The molecule has 2 unspecified atom stereocenters. The second kappa shape index (κ2) is 10.1. The van der Waals surface area contributed by atoms with Crippen LogP contribution in [0, 0.1) is 0 Å². The van der Waals surface area contributed by atoms with Gasteiger partial charge in [0.15, 0.2) is 0 Å². The van der Waals surface area contributed by atoms with E-state index in [4.69, 9.17) is 4.74 Å². The zero-order valence-corrected chi connectivity index (χ0v) is 19.1. The molecule has 29 heavy (non-hydrogen) atoms. The fourth-order valence-corrected chi connectivity index (χ4v) is 5.09. The van der Waals surface area contributed by atoms with Gasteiger partial charge in [0.2, 0.25) is 0 Å². The van der Waals surface area contributed by atoms with Crippen LogP contribution in [0.5, 0.6) is 5.75 Å². The molecule has 0 saturated heterocycles. The number of hydrogen-bond donors (Lipinski definition) is 1. The van der Waals surface area contributed by atoms with E-state index in [2.05, 4.69) is 80.0 Å². The van der Waals surface area contributed by atoms with Crippen LogP contribution >= 0.6 is 21.2 Å². The van der Waals surface area contributed by atoms with Crippen LogP contribution in [-0.2, 0) is 11.8 Å². The topological polar surface area (TPSA) is 21.6 Å². The lowest BCUT2D eigenvalue weighted by Crippen LogP contribution is -2.21. The predicted octanol–water partition coefficient (Wildman–Crippen LogP) is 6.23. The number of thiol groups is 1. The zero-order chi connectivity index (χ0) is 20.7. The summed E-state index contributed by atoms with van der Waals surface area (Å²) in [6.45, 7) is 5.13. The normalized spacial score (nSPS) is 13.8. The van der Waals surface area contributed by atoms with E-state index in [1.54, 1.807) is 0 Å². The van der Waals surface area contributed by atoms with Crippen LogP contribution in [0.2, 0.25) is 0 Å². The molecule has 0 fully saturated rings. The van der Waals surface area contributed by atoms with Crippen LogP contribution in [0.25, 0.3) is 0 Å². The summed E-state index contributed by atoms with van der Waals surface area (Å²) in [5.74, 6) is 0.935. The SMILES string of the molecule is CCC(C)(Pc1ccccc1/C=N/C)c1cc(S)ccc1OCc1ccccc1. The molecule has 3 aromatic rings. The molecule has 0 radical (unpaired) electrons. The van der Waals surface area contributed by atoms with E-state index in [0.29, 0.717) is 15.2 Å². The second-order valence-corrected chi connectivity index (χ2v) is 9.65. The Morgan fingerprint density at radius 1 is 1.03 bits per heavy atom. The number of rotatable bonds is 8. The molecule has 0 saturated carbocycles. The molecule has 150 valence electrons. The maximum absolute atomic E-state index is 6.29. The largest absolute Gasteiger partial charge is 0.489 e. The molecule has 2 nitrogen and oxygen atoms in total. The van der Waals surface area contributed by atoms with Crippen LogP contribution in [-0.4, -0.2) is 13.3 Å². The Hall–Kier alpha value is -2.09. The standard InChI is InChI=1S/C25H28NOPS/c1-4-25(2,28-24-13-9-8-12-20(24)17-26-3)22-16-21(29)14-15-23(22)27-18-19-10-6-5-7-11-19/h5-17,28-29H,4,18H2,1-3H3/b26-17+. The average molecular weight is 422 g/mol. The minimum atomic E-state index is -0.0531. The van der Waals surface area contributed by atoms with E-state index in [0.717, 1.165) is 17.1 Å². The summed E-state index contributed by atoms with van der Waals surface area (Å²) in [6.07, 6.45) is 2.95. The van der Waals surface area contributed by atoms with E-state index in [1.807, 2.05) is 37.5 Å². The fraction of sp³-hybridized carbons (Fsp3) is 0.240. The molecular weight excluding hydrogens is 393 g/mol. The first-order chi connectivity index (χ1) is 14.1. The molecule has 4 heteroatoms. The molecule has 0 aromatic heterocycles. The van der Waals surface area contributed by atoms with Crippen molar-refractivity contribution in [3.8, 4) is 5.75 Å². The van der Waals surface area contributed by atoms with Gasteiger partial charge in [-0.1, -0.05) is 77.0 Å². The van der Waals surface area contributed by atoms with Crippen molar-refractivity contribution in [1.29, 1.82) is 0 Å².